The molecule has 1 atom stereocenters. The van der Waals surface area contributed by atoms with Gasteiger partial charge in [0, 0.05) is 11.1 Å². The topological polar surface area (TPSA) is 54.4 Å². The second-order valence-corrected chi connectivity index (χ2v) is 5.05. The van der Waals surface area contributed by atoms with Gasteiger partial charge in [0.25, 0.3) is 0 Å². The lowest BCUT2D eigenvalue weighted by Gasteiger charge is -2.16. The number of benzene rings is 1. The van der Waals surface area contributed by atoms with Gasteiger partial charge in [-0.15, -0.1) is 0 Å². The first kappa shape index (κ1) is 12.4. The van der Waals surface area contributed by atoms with Gasteiger partial charge < -0.3 is 5.11 Å². The van der Waals surface area contributed by atoms with Crippen molar-refractivity contribution in [3.8, 4) is 5.75 Å². The van der Waals surface area contributed by atoms with E-state index >= 15 is 0 Å². The zero-order valence-electron chi connectivity index (χ0n) is 9.30. The largest absolute Gasteiger partial charge is 0.506 e. The summed E-state index contributed by atoms with van der Waals surface area (Å²) in [6.45, 7) is 3.34. The van der Waals surface area contributed by atoms with Crippen molar-refractivity contribution in [2.45, 2.75) is 20.3 Å². The minimum absolute atomic E-state index is 0.0443. The van der Waals surface area contributed by atoms with Crippen LogP contribution in [0.1, 0.15) is 41.0 Å². The van der Waals surface area contributed by atoms with Gasteiger partial charge in [-0.3, -0.25) is 9.59 Å². The number of ketones is 2. The van der Waals surface area contributed by atoms with E-state index in [4.69, 9.17) is 23.2 Å². The number of carbonyl (C=O) groups excluding carboxylic acids is 2. The number of hydrogen-bond acceptors (Lipinski definition) is 3. The zero-order valence-corrected chi connectivity index (χ0v) is 10.8. The molecule has 0 saturated heterocycles. The molecule has 1 aliphatic rings. The molecule has 0 aromatic heterocycles. The minimum Gasteiger partial charge on any atom is -0.506 e. The summed E-state index contributed by atoms with van der Waals surface area (Å²) in [5.41, 5.74) is -0.807. The molecule has 3 nitrogen and oxygen atoms in total. The maximum Gasteiger partial charge on any atom is 0.178 e. The number of hydrogen-bond donors (Lipinski definition) is 1. The van der Waals surface area contributed by atoms with Gasteiger partial charge in [0.05, 0.1) is 10.4 Å². The lowest BCUT2D eigenvalue weighted by molar-refractivity contribution is 0.0716. The number of halogens is 2. The molecule has 1 unspecified atom stereocenters. The van der Waals surface area contributed by atoms with Gasteiger partial charge in [-0.2, -0.15) is 0 Å². The fraction of sp³-hybridized carbons (Fsp3) is 0.333. The van der Waals surface area contributed by atoms with Crippen LogP contribution in [0.5, 0.6) is 5.75 Å². The molecule has 1 aliphatic carbocycles. The summed E-state index contributed by atoms with van der Waals surface area (Å²) in [7, 11) is 0. The summed E-state index contributed by atoms with van der Waals surface area (Å²) in [5.74, 6) is -0.919. The highest BCUT2D eigenvalue weighted by atomic mass is 35.5. The highest BCUT2D eigenvalue weighted by Gasteiger charge is 2.49. The quantitative estimate of drug-likeness (QED) is 0.797. The van der Waals surface area contributed by atoms with Crippen molar-refractivity contribution >= 4 is 34.8 Å². The third kappa shape index (κ3) is 1.42. The van der Waals surface area contributed by atoms with Gasteiger partial charge in [0.1, 0.15) is 10.8 Å². The molecular weight excluding hydrogens is 263 g/mol. The van der Waals surface area contributed by atoms with Gasteiger partial charge in [-0.1, -0.05) is 30.1 Å². The molecule has 0 heterocycles. The van der Waals surface area contributed by atoms with E-state index < -0.39 is 5.41 Å². The Morgan fingerprint density at radius 1 is 1.24 bits per heavy atom. The van der Waals surface area contributed by atoms with Crippen LogP contribution in [0.3, 0.4) is 0 Å². The second-order valence-electron chi connectivity index (χ2n) is 4.29. The van der Waals surface area contributed by atoms with Crippen molar-refractivity contribution in [2.24, 2.45) is 5.41 Å². The first-order chi connectivity index (χ1) is 7.84. The molecule has 5 heteroatoms. The molecule has 0 bridgehead atoms. The normalized spacial score (nSPS) is 23.1. The lowest BCUT2D eigenvalue weighted by Crippen LogP contribution is -2.28. The minimum atomic E-state index is -1.09. The van der Waals surface area contributed by atoms with E-state index in [0.717, 1.165) is 0 Å². The number of fused-ring (bicyclic) bond motifs is 1. The maximum atomic E-state index is 12.2. The van der Waals surface area contributed by atoms with Crippen molar-refractivity contribution in [1.82, 2.24) is 0 Å². The van der Waals surface area contributed by atoms with Gasteiger partial charge in [0.2, 0.25) is 0 Å². The van der Waals surface area contributed by atoms with Crippen molar-refractivity contribution in [1.29, 1.82) is 0 Å². The number of aromatic hydroxyl groups is 1. The number of phenolic OH excluding ortho intramolecular Hbond substituents is 1. The van der Waals surface area contributed by atoms with Crippen LogP contribution in [0, 0.1) is 5.41 Å². The van der Waals surface area contributed by atoms with Crippen molar-refractivity contribution < 1.29 is 14.7 Å². The number of Topliss-reactive ketones (excluding diaryl/α,β-unsaturated/α-hetero) is 2. The molecular formula is C12H10Cl2O3. The fourth-order valence-electron chi connectivity index (χ4n) is 2.01. The summed E-state index contributed by atoms with van der Waals surface area (Å²) < 4.78 is 0. The van der Waals surface area contributed by atoms with Crippen LogP contribution in [0.25, 0.3) is 0 Å². The fourth-order valence-corrected chi connectivity index (χ4v) is 2.44. The summed E-state index contributed by atoms with van der Waals surface area (Å²) in [6.07, 6.45) is 0.383. The monoisotopic (exact) mass is 272 g/mol. The van der Waals surface area contributed by atoms with E-state index in [1.54, 1.807) is 13.8 Å². The van der Waals surface area contributed by atoms with Gasteiger partial charge >= 0.3 is 0 Å². The zero-order chi connectivity index (χ0) is 13.0. The van der Waals surface area contributed by atoms with E-state index in [-0.39, 0.29) is 38.5 Å². The smallest absolute Gasteiger partial charge is 0.178 e. The Morgan fingerprint density at radius 2 is 1.82 bits per heavy atom. The SMILES string of the molecule is CCC1(C)C(=O)c2cc(O)c(Cl)c(Cl)c2C1=O. The van der Waals surface area contributed by atoms with Gasteiger partial charge in [0.15, 0.2) is 11.6 Å². The predicted octanol–water partition coefficient (Wildman–Crippen LogP) is 3.49. The lowest BCUT2D eigenvalue weighted by atomic mass is 9.82. The Balaban J connectivity index is 2.80. The van der Waals surface area contributed by atoms with Crippen LogP contribution >= 0.6 is 23.2 Å². The second kappa shape index (κ2) is 3.72. The molecule has 0 radical (unpaired) electrons. The Labute approximate surface area is 108 Å². The molecule has 0 spiro atoms. The number of rotatable bonds is 1. The van der Waals surface area contributed by atoms with Crippen LogP contribution in [0.15, 0.2) is 6.07 Å². The Kier molecular flexibility index (Phi) is 2.71. The molecule has 90 valence electrons. The Morgan fingerprint density at radius 3 is 2.35 bits per heavy atom. The Bertz CT molecular complexity index is 551. The van der Waals surface area contributed by atoms with E-state index in [1.165, 1.54) is 6.07 Å². The van der Waals surface area contributed by atoms with E-state index in [1.807, 2.05) is 0 Å². The van der Waals surface area contributed by atoms with Crippen LogP contribution in [-0.4, -0.2) is 16.7 Å². The predicted molar refractivity (Wildman–Crippen MR) is 65.2 cm³/mol. The van der Waals surface area contributed by atoms with E-state index in [0.29, 0.717) is 6.42 Å². The molecule has 0 amide bonds. The molecule has 1 aromatic rings. The van der Waals surface area contributed by atoms with E-state index in [9.17, 15) is 14.7 Å². The number of phenols is 1. The molecule has 1 aromatic carbocycles. The number of carbonyl (C=O) groups is 2. The summed E-state index contributed by atoms with van der Waals surface area (Å²) in [4.78, 5) is 24.3. The van der Waals surface area contributed by atoms with E-state index in [2.05, 4.69) is 0 Å². The average molecular weight is 273 g/mol. The third-order valence-corrected chi connectivity index (χ3v) is 4.23. The van der Waals surface area contributed by atoms with Gasteiger partial charge in [-0.05, 0) is 19.4 Å². The molecule has 0 saturated carbocycles. The van der Waals surface area contributed by atoms with Gasteiger partial charge in [-0.25, -0.2) is 0 Å². The third-order valence-electron chi connectivity index (χ3n) is 3.37. The molecule has 0 aliphatic heterocycles. The molecule has 1 N–H and O–H groups in total. The summed E-state index contributed by atoms with van der Waals surface area (Å²) >= 11 is 11.7. The van der Waals surface area contributed by atoms with Crippen LogP contribution in [0.4, 0.5) is 0 Å². The van der Waals surface area contributed by atoms with Crippen molar-refractivity contribution in [3.63, 3.8) is 0 Å². The van der Waals surface area contributed by atoms with Crippen LogP contribution < -0.4 is 0 Å². The van der Waals surface area contributed by atoms with Crippen LogP contribution in [0.2, 0.25) is 10.0 Å². The highest BCUT2D eigenvalue weighted by Crippen LogP contribution is 2.46. The molecule has 0 fully saturated rings. The molecule has 17 heavy (non-hydrogen) atoms. The summed E-state index contributed by atoms with van der Waals surface area (Å²) in [6, 6.07) is 1.21. The maximum absolute atomic E-state index is 12.2. The molecule has 2 rings (SSSR count). The summed E-state index contributed by atoms with van der Waals surface area (Å²) in [5, 5.41) is 9.40. The standard InChI is InChI=1S/C12H10Cl2O3/c1-3-12(2)10(16)5-4-6(15)8(13)9(14)7(5)11(12)17/h4,15H,3H2,1-2H3. The first-order valence-corrected chi connectivity index (χ1v) is 5.90. The Hall–Kier alpha value is -1.06. The highest BCUT2D eigenvalue weighted by molar-refractivity contribution is 6.47. The average Bonchev–Trinajstić information content (AvgIpc) is 2.49. The van der Waals surface area contributed by atoms with Crippen LogP contribution in [-0.2, 0) is 0 Å². The van der Waals surface area contributed by atoms with Crippen molar-refractivity contribution in [3.05, 3.63) is 27.2 Å². The van der Waals surface area contributed by atoms with Crippen molar-refractivity contribution in [2.75, 3.05) is 0 Å². The first-order valence-electron chi connectivity index (χ1n) is 5.15.